The molecule has 1 aliphatic rings. The first kappa shape index (κ1) is 17.1. The van der Waals surface area contributed by atoms with E-state index in [0.29, 0.717) is 14.9 Å². The fraction of sp³-hybridized carbons (Fsp3) is 0. The predicted octanol–water partition coefficient (Wildman–Crippen LogP) is 5.55. The summed E-state index contributed by atoms with van der Waals surface area (Å²) >= 11 is 9.88. The van der Waals surface area contributed by atoms with E-state index >= 15 is 0 Å². The Morgan fingerprint density at radius 2 is 1.96 bits per heavy atom. The van der Waals surface area contributed by atoms with Gasteiger partial charge in [-0.1, -0.05) is 70.3 Å². The summed E-state index contributed by atoms with van der Waals surface area (Å²) < 4.78 is 14.8. The molecule has 0 spiro atoms. The van der Waals surface area contributed by atoms with Crippen LogP contribution in [0.1, 0.15) is 5.56 Å². The lowest BCUT2D eigenvalue weighted by molar-refractivity contribution is -0.113. The maximum Gasteiger partial charge on any atom is 0.270 e. The number of nitrogens with zero attached hydrogens (tertiary/aromatic N) is 1. The quantitative estimate of drug-likeness (QED) is 0.480. The second kappa shape index (κ2) is 7.42. The van der Waals surface area contributed by atoms with Crippen molar-refractivity contribution in [1.29, 1.82) is 0 Å². The third-order valence-corrected chi connectivity index (χ3v) is 5.06. The van der Waals surface area contributed by atoms with Crippen LogP contribution in [0, 0.1) is 5.82 Å². The number of hydrogen-bond acceptors (Lipinski definition) is 3. The van der Waals surface area contributed by atoms with Gasteiger partial charge in [0, 0.05) is 4.47 Å². The molecule has 0 bridgehead atoms. The summed E-state index contributed by atoms with van der Waals surface area (Å²) in [5, 5.41) is 0. The number of amides is 1. The highest BCUT2D eigenvalue weighted by molar-refractivity contribution is 9.10. The van der Waals surface area contributed by atoms with E-state index in [1.54, 1.807) is 24.3 Å². The summed E-state index contributed by atoms with van der Waals surface area (Å²) in [5.41, 5.74) is 1.46. The molecule has 2 aromatic rings. The second-order valence-corrected chi connectivity index (χ2v) is 7.52. The van der Waals surface area contributed by atoms with Crippen LogP contribution in [0.5, 0.6) is 0 Å². The molecular weight excluding hydrogens is 409 g/mol. The van der Waals surface area contributed by atoms with Crippen molar-refractivity contribution < 1.29 is 9.18 Å². The minimum Gasteiger partial charge on any atom is -0.268 e. The Labute approximate surface area is 157 Å². The minimum atomic E-state index is -0.403. The summed E-state index contributed by atoms with van der Waals surface area (Å²) in [6, 6.07) is 13.7. The third-order valence-electron chi connectivity index (χ3n) is 3.25. The van der Waals surface area contributed by atoms with Crippen molar-refractivity contribution in [2.45, 2.75) is 0 Å². The van der Waals surface area contributed by atoms with Crippen molar-refractivity contribution in [1.82, 2.24) is 0 Å². The number of halogens is 2. The van der Waals surface area contributed by atoms with Gasteiger partial charge < -0.3 is 0 Å². The first-order valence-corrected chi connectivity index (χ1v) is 9.02. The summed E-state index contributed by atoms with van der Waals surface area (Å²) in [6.45, 7) is 0. The maximum atomic E-state index is 13.4. The highest BCUT2D eigenvalue weighted by Crippen LogP contribution is 2.35. The van der Waals surface area contributed by atoms with Crippen molar-refractivity contribution in [3.05, 3.63) is 81.4 Å². The molecule has 0 radical (unpaired) electrons. The number of rotatable bonds is 3. The Morgan fingerprint density at radius 1 is 1.17 bits per heavy atom. The number of thiocarbonyl (C=S) groups is 1. The zero-order valence-electron chi connectivity index (χ0n) is 12.3. The van der Waals surface area contributed by atoms with Gasteiger partial charge in [-0.25, -0.2) is 4.39 Å². The number of benzene rings is 2. The molecular formula is C18H11BrFNOS2. The third kappa shape index (κ3) is 3.83. The van der Waals surface area contributed by atoms with Crippen LogP contribution in [0.3, 0.4) is 0 Å². The number of carbonyl (C=O) groups excluding carboxylic acids is 1. The van der Waals surface area contributed by atoms with Crippen LogP contribution in [0.15, 0.2) is 70.1 Å². The molecule has 1 aliphatic heterocycles. The van der Waals surface area contributed by atoms with Crippen molar-refractivity contribution in [3.63, 3.8) is 0 Å². The number of thioether (sulfide) groups is 1. The largest absolute Gasteiger partial charge is 0.270 e. The van der Waals surface area contributed by atoms with Crippen molar-refractivity contribution in [2.24, 2.45) is 0 Å². The van der Waals surface area contributed by atoms with Gasteiger partial charge in [0.15, 0.2) is 4.32 Å². The fourth-order valence-corrected chi connectivity index (χ4v) is 3.84. The molecule has 6 heteroatoms. The molecule has 3 rings (SSSR count). The molecule has 1 fully saturated rings. The van der Waals surface area contributed by atoms with Crippen molar-refractivity contribution in [2.75, 3.05) is 4.90 Å². The van der Waals surface area contributed by atoms with E-state index in [1.807, 2.05) is 30.3 Å². The van der Waals surface area contributed by atoms with Crippen LogP contribution in [-0.2, 0) is 4.79 Å². The lowest BCUT2D eigenvalue weighted by atomic mass is 10.2. The first-order chi connectivity index (χ1) is 11.5. The molecule has 2 nitrogen and oxygen atoms in total. The molecule has 1 amide bonds. The molecule has 120 valence electrons. The van der Waals surface area contributed by atoms with Crippen LogP contribution in [0.25, 0.3) is 6.08 Å². The van der Waals surface area contributed by atoms with Crippen molar-refractivity contribution in [3.8, 4) is 0 Å². The Balaban J connectivity index is 1.81. The standard InChI is InChI=1S/C18H11BrFNOS2/c19-13-6-1-4-12(10-13)5-2-9-16-17(22)21(18(23)24-16)15-8-3-7-14(20)11-15/h1-11H/b5-2+,16-9+. The summed E-state index contributed by atoms with van der Waals surface area (Å²) in [7, 11) is 0. The Hall–Kier alpha value is -1.76. The highest BCUT2D eigenvalue weighted by atomic mass is 79.9. The summed E-state index contributed by atoms with van der Waals surface area (Å²) in [4.78, 5) is 14.4. The van der Waals surface area contributed by atoms with E-state index in [0.717, 1.165) is 10.0 Å². The van der Waals surface area contributed by atoms with Gasteiger partial charge in [0.1, 0.15) is 5.82 Å². The number of carbonyl (C=O) groups is 1. The predicted molar refractivity (Wildman–Crippen MR) is 105 cm³/mol. The topological polar surface area (TPSA) is 20.3 Å². The van der Waals surface area contributed by atoms with Crippen LogP contribution >= 0.6 is 39.9 Å². The van der Waals surface area contributed by atoms with E-state index < -0.39 is 5.82 Å². The molecule has 2 aromatic carbocycles. The average molecular weight is 420 g/mol. The minimum absolute atomic E-state index is 0.241. The Morgan fingerprint density at radius 3 is 2.71 bits per heavy atom. The fourth-order valence-electron chi connectivity index (χ4n) is 2.18. The van der Waals surface area contributed by atoms with E-state index in [-0.39, 0.29) is 5.91 Å². The smallest absolute Gasteiger partial charge is 0.268 e. The molecule has 1 saturated heterocycles. The van der Waals surface area contributed by atoms with Crippen LogP contribution in [0.2, 0.25) is 0 Å². The molecule has 1 heterocycles. The zero-order valence-corrected chi connectivity index (χ0v) is 15.5. The molecule has 24 heavy (non-hydrogen) atoms. The SMILES string of the molecule is O=C1/C(=C\C=C\c2cccc(Br)c2)SC(=S)N1c1cccc(F)c1. The van der Waals surface area contributed by atoms with E-state index in [9.17, 15) is 9.18 Å². The van der Waals surface area contributed by atoms with Crippen LogP contribution in [0.4, 0.5) is 10.1 Å². The van der Waals surface area contributed by atoms with Gasteiger partial charge in [0.25, 0.3) is 5.91 Å². The van der Waals surface area contributed by atoms with Gasteiger partial charge in [-0.3, -0.25) is 9.69 Å². The van der Waals surface area contributed by atoms with Gasteiger partial charge in [0.2, 0.25) is 0 Å². The van der Waals surface area contributed by atoms with Crippen molar-refractivity contribution >= 4 is 61.9 Å². The molecule has 0 aliphatic carbocycles. The molecule has 0 aromatic heterocycles. The Bertz CT molecular complexity index is 879. The summed E-state index contributed by atoms with van der Waals surface area (Å²) in [5.74, 6) is -0.644. The molecule has 0 saturated carbocycles. The van der Waals surface area contributed by atoms with Gasteiger partial charge >= 0.3 is 0 Å². The monoisotopic (exact) mass is 419 g/mol. The Kier molecular flexibility index (Phi) is 5.28. The zero-order chi connectivity index (χ0) is 17.1. The van der Waals surface area contributed by atoms with Gasteiger partial charge in [-0.2, -0.15) is 0 Å². The number of anilines is 1. The van der Waals surface area contributed by atoms with Gasteiger partial charge in [-0.05, 0) is 42.0 Å². The number of hydrogen-bond donors (Lipinski definition) is 0. The van der Waals surface area contributed by atoms with E-state index in [2.05, 4.69) is 15.9 Å². The first-order valence-electron chi connectivity index (χ1n) is 7.00. The lowest BCUT2D eigenvalue weighted by Crippen LogP contribution is -2.27. The molecule has 0 atom stereocenters. The van der Waals surface area contributed by atoms with Gasteiger partial charge in [0.05, 0.1) is 10.6 Å². The second-order valence-electron chi connectivity index (χ2n) is 4.93. The van der Waals surface area contributed by atoms with E-state index in [4.69, 9.17) is 12.2 Å². The maximum absolute atomic E-state index is 13.4. The summed E-state index contributed by atoms with van der Waals surface area (Å²) in [6.07, 6.45) is 5.43. The highest BCUT2D eigenvalue weighted by Gasteiger charge is 2.32. The normalized spacial score (nSPS) is 16.6. The lowest BCUT2D eigenvalue weighted by Gasteiger charge is -2.14. The van der Waals surface area contributed by atoms with Crippen LogP contribution < -0.4 is 4.90 Å². The molecule has 0 unspecified atom stereocenters. The van der Waals surface area contributed by atoms with E-state index in [1.165, 1.54) is 28.8 Å². The van der Waals surface area contributed by atoms with Crippen LogP contribution in [-0.4, -0.2) is 10.2 Å². The molecule has 0 N–H and O–H groups in total. The average Bonchev–Trinajstić information content (AvgIpc) is 2.82. The number of allylic oxidation sites excluding steroid dienone is 2. The van der Waals surface area contributed by atoms with Gasteiger partial charge in [-0.15, -0.1) is 0 Å².